The molecule has 2 aromatic carbocycles. The Morgan fingerprint density at radius 2 is 1.86 bits per heavy atom. The Morgan fingerprint density at radius 1 is 1.11 bits per heavy atom. The third kappa shape index (κ3) is 6.87. The highest BCUT2D eigenvalue weighted by Crippen LogP contribution is 2.39. The summed E-state index contributed by atoms with van der Waals surface area (Å²) in [5, 5.41) is 10.9. The maximum Gasteiger partial charge on any atom is 0.290 e. The number of ketones is 1. The van der Waals surface area contributed by atoms with Crippen molar-refractivity contribution in [3.8, 4) is 5.75 Å². The lowest BCUT2D eigenvalue weighted by Gasteiger charge is -2.31. The zero-order valence-electron chi connectivity index (χ0n) is 21.6. The maximum atomic E-state index is 13.4. The standard InChI is InChI=1S/C30H36N2O5/c1-22(2)13-18-37-25-10-6-9-24(21-25)28-27(26(33)12-11-23-7-4-3-5-8-23)29(34)30(35)32(28)15-14-31-16-19-36-20-17-31/h3-12,21-22,28,34H,13-20H2,1-2H3. The molecule has 0 aromatic heterocycles. The van der Waals surface area contributed by atoms with Gasteiger partial charge in [-0.2, -0.15) is 0 Å². The average Bonchev–Trinajstić information content (AvgIpc) is 3.17. The molecular weight excluding hydrogens is 468 g/mol. The number of hydrogen-bond donors (Lipinski definition) is 1. The highest BCUT2D eigenvalue weighted by atomic mass is 16.5. The van der Waals surface area contributed by atoms with Gasteiger partial charge in [0.1, 0.15) is 5.75 Å². The van der Waals surface area contributed by atoms with Crippen molar-refractivity contribution in [3.63, 3.8) is 0 Å². The second kappa shape index (κ2) is 12.7. The zero-order valence-corrected chi connectivity index (χ0v) is 21.6. The molecule has 0 spiro atoms. The highest BCUT2D eigenvalue weighted by molar-refractivity contribution is 6.14. The molecule has 37 heavy (non-hydrogen) atoms. The summed E-state index contributed by atoms with van der Waals surface area (Å²) >= 11 is 0. The first-order valence-electron chi connectivity index (χ1n) is 13.0. The first-order valence-corrected chi connectivity index (χ1v) is 13.0. The third-order valence-electron chi connectivity index (χ3n) is 6.69. The number of hydrogen-bond acceptors (Lipinski definition) is 6. The van der Waals surface area contributed by atoms with Gasteiger partial charge in [-0.15, -0.1) is 0 Å². The van der Waals surface area contributed by atoms with Crippen molar-refractivity contribution in [2.45, 2.75) is 26.3 Å². The fraction of sp³-hybridized carbons (Fsp3) is 0.400. The molecule has 2 aromatic rings. The summed E-state index contributed by atoms with van der Waals surface area (Å²) in [5.74, 6) is -0.204. The van der Waals surface area contributed by atoms with Gasteiger partial charge in [0.2, 0.25) is 0 Å². The van der Waals surface area contributed by atoms with Crippen LogP contribution in [-0.2, 0) is 14.3 Å². The molecule has 1 N–H and O–H groups in total. The van der Waals surface area contributed by atoms with Crippen molar-refractivity contribution in [3.05, 3.63) is 83.1 Å². The third-order valence-corrected chi connectivity index (χ3v) is 6.69. The Balaban J connectivity index is 1.61. The van der Waals surface area contributed by atoms with Crippen LogP contribution in [0.15, 0.2) is 72.0 Å². The molecule has 2 aliphatic rings. The summed E-state index contributed by atoms with van der Waals surface area (Å²) in [6, 6.07) is 16.2. The Bertz CT molecular complexity index is 1140. The summed E-state index contributed by atoms with van der Waals surface area (Å²) < 4.78 is 11.4. The topological polar surface area (TPSA) is 79.3 Å². The van der Waals surface area contributed by atoms with Crippen molar-refractivity contribution in [2.24, 2.45) is 5.92 Å². The van der Waals surface area contributed by atoms with Crippen molar-refractivity contribution < 1.29 is 24.2 Å². The molecule has 1 amide bonds. The molecule has 2 heterocycles. The number of rotatable bonds is 11. The van der Waals surface area contributed by atoms with E-state index >= 15 is 0 Å². The number of amides is 1. The Kier molecular flexibility index (Phi) is 9.14. The summed E-state index contributed by atoms with van der Waals surface area (Å²) in [7, 11) is 0. The second-order valence-electron chi connectivity index (χ2n) is 9.83. The average molecular weight is 505 g/mol. The van der Waals surface area contributed by atoms with Crippen LogP contribution in [0, 0.1) is 5.92 Å². The van der Waals surface area contributed by atoms with E-state index in [0.29, 0.717) is 44.6 Å². The van der Waals surface area contributed by atoms with Crippen molar-refractivity contribution in [2.75, 3.05) is 46.0 Å². The lowest BCUT2D eigenvalue weighted by Crippen LogP contribution is -2.43. The molecule has 1 unspecified atom stereocenters. The second-order valence-corrected chi connectivity index (χ2v) is 9.83. The molecule has 7 heteroatoms. The molecule has 0 radical (unpaired) electrons. The largest absolute Gasteiger partial charge is 0.503 e. The van der Waals surface area contributed by atoms with E-state index in [-0.39, 0.29) is 11.4 Å². The number of aliphatic hydroxyl groups is 1. The number of carbonyl (C=O) groups is 2. The molecule has 1 atom stereocenters. The van der Waals surface area contributed by atoms with Gasteiger partial charge in [-0.3, -0.25) is 14.5 Å². The van der Waals surface area contributed by atoms with Gasteiger partial charge >= 0.3 is 0 Å². The SMILES string of the molecule is CC(C)CCOc1cccc(C2C(C(=O)C=Cc3ccccc3)=C(O)C(=O)N2CCN2CCOCC2)c1. The minimum Gasteiger partial charge on any atom is -0.503 e. The van der Waals surface area contributed by atoms with Crippen LogP contribution < -0.4 is 4.74 Å². The van der Waals surface area contributed by atoms with E-state index in [9.17, 15) is 14.7 Å². The molecule has 0 bridgehead atoms. The van der Waals surface area contributed by atoms with E-state index in [0.717, 1.165) is 30.6 Å². The lowest BCUT2D eigenvalue weighted by atomic mass is 9.95. The first-order chi connectivity index (χ1) is 17.9. The minimum absolute atomic E-state index is 0.0958. The molecule has 0 saturated carbocycles. The van der Waals surface area contributed by atoms with Gasteiger partial charge in [-0.05, 0) is 41.7 Å². The molecule has 2 aliphatic heterocycles. The van der Waals surface area contributed by atoms with Crippen LogP contribution in [0.4, 0.5) is 0 Å². The Morgan fingerprint density at radius 3 is 2.59 bits per heavy atom. The van der Waals surface area contributed by atoms with Gasteiger partial charge in [-0.1, -0.05) is 62.4 Å². The summed E-state index contributed by atoms with van der Waals surface area (Å²) in [6.45, 7) is 8.77. The molecule has 0 aliphatic carbocycles. The molecule has 4 rings (SSSR count). The van der Waals surface area contributed by atoms with Crippen molar-refractivity contribution in [1.29, 1.82) is 0 Å². The van der Waals surface area contributed by atoms with Crippen LogP contribution in [0.2, 0.25) is 0 Å². The zero-order chi connectivity index (χ0) is 26.2. The van der Waals surface area contributed by atoms with E-state index in [4.69, 9.17) is 9.47 Å². The number of nitrogens with zero attached hydrogens (tertiary/aromatic N) is 2. The van der Waals surface area contributed by atoms with E-state index < -0.39 is 17.7 Å². The van der Waals surface area contributed by atoms with Gasteiger partial charge in [0, 0.05) is 26.2 Å². The normalized spacial score (nSPS) is 18.8. The Hall–Kier alpha value is -3.42. The number of aliphatic hydroxyl groups excluding tert-OH is 1. The lowest BCUT2D eigenvalue weighted by molar-refractivity contribution is -0.129. The van der Waals surface area contributed by atoms with E-state index in [2.05, 4.69) is 18.7 Å². The van der Waals surface area contributed by atoms with Crippen molar-refractivity contribution in [1.82, 2.24) is 9.80 Å². The van der Waals surface area contributed by atoms with Gasteiger partial charge in [-0.25, -0.2) is 0 Å². The summed E-state index contributed by atoms with van der Waals surface area (Å²) in [5.41, 5.74) is 1.69. The quantitative estimate of drug-likeness (QED) is 0.457. The first kappa shape index (κ1) is 26.6. The monoisotopic (exact) mass is 504 g/mol. The van der Waals surface area contributed by atoms with Gasteiger partial charge in [0.05, 0.1) is 31.4 Å². The number of ether oxygens (including phenoxy) is 2. The summed E-state index contributed by atoms with van der Waals surface area (Å²) in [6.07, 6.45) is 4.05. The molecule has 7 nitrogen and oxygen atoms in total. The summed E-state index contributed by atoms with van der Waals surface area (Å²) in [4.78, 5) is 30.5. The number of carbonyl (C=O) groups excluding carboxylic acids is 2. The number of allylic oxidation sites excluding steroid dienone is 1. The molecule has 1 saturated heterocycles. The smallest absolute Gasteiger partial charge is 0.290 e. The minimum atomic E-state index is -0.699. The van der Waals surface area contributed by atoms with Crippen LogP contribution >= 0.6 is 0 Å². The highest BCUT2D eigenvalue weighted by Gasteiger charge is 2.43. The van der Waals surface area contributed by atoms with Gasteiger partial charge in [0.25, 0.3) is 5.91 Å². The number of benzene rings is 2. The van der Waals surface area contributed by atoms with E-state index in [1.165, 1.54) is 6.08 Å². The van der Waals surface area contributed by atoms with Gasteiger partial charge in [0.15, 0.2) is 11.5 Å². The van der Waals surface area contributed by atoms with E-state index in [1.807, 2.05) is 54.6 Å². The van der Waals surface area contributed by atoms with Gasteiger partial charge < -0.3 is 19.5 Å². The van der Waals surface area contributed by atoms with Crippen LogP contribution in [-0.4, -0.2) is 72.6 Å². The van der Waals surface area contributed by atoms with Crippen LogP contribution in [0.25, 0.3) is 6.08 Å². The fourth-order valence-electron chi connectivity index (χ4n) is 4.57. The Labute approximate surface area is 219 Å². The van der Waals surface area contributed by atoms with E-state index in [1.54, 1.807) is 11.0 Å². The predicted molar refractivity (Wildman–Crippen MR) is 143 cm³/mol. The van der Waals surface area contributed by atoms with Crippen LogP contribution in [0.5, 0.6) is 5.75 Å². The maximum absolute atomic E-state index is 13.4. The van der Waals surface area contributed by atoms with Crippen LogP contribution in [0.3, 0.4) is 0 Å². The van der Waals surface area contributed by atoms with Crippen LogP contribution in [0.1, 0.15) is 37.4 Å². The molecule has 1 fully saturated rings. The number of morpholine rings is 1. The molecule has 196 valence electrons. The van der Waals surface area contributed by atoms with Crippen molar-refractivity contribution >= 4 is 17.8 Å². The predicted octanol–water partition coefficient (Wildman–Crippen LogP) is 4.42. The molecular formula is C30H36N2O5. The fourth-order valence-corrected chi connectivity index (χ4v) is 4.57.